The molecule has 6 heteroatoms. The maximum absolute atomic E-state index is 10.7. The number of hydrogen-bond acceptors (Lipinski definition) is 4. The van der Waals surface area contributed by atoms with Crippen LogP contribution in [0.5, 0.6) is 0 Å². The summed E-state index contributed by atoms with van der Waals surface area (Å²) in [6, 6.07) is 0. The van der Waals surface area contributed by atoms with E-state index in [1.54, 1.807) is 0 Å². The topological polar surface area (TPSA) is 76.0 Å². The van der Waals surface area contributed by atoms with Crippen molar-refractivity contribution >= 4 is 8.25 Å². The summed E-state index contributed by atoms with van der Waals surface area (Å²) < 4.78 is 21.4. The van der Waals surface area contributed by atoms with Crippen LogP contribution in [0.4, 0.5) is 0 Å². The van der Waals surface area contributed by atoms with Crippen LogP contribution in [-0.2, 0) is 13.8 Å². The van der Waals surface area contributed by atoms with Gasteiger partial charge in [-0.1, -0.05) is 26.7 Å². The smallest absolute Gasteiger partial charge is 0.317 e. The van der Waals surface area contributed by atoms with Crippen molar-refractivity contribution in [2.24, 2.45) is 5.41 Å². The Kier molecular flexibility index (Phi) is 13.3. The van der Waals surface area contributed by atoms with Crippen LogP contribution in [0, 0.1) is 5.41 Å². The predicted octanol–water partition coefficient (Wildman–Crippen LogP) is 4.71. The normalized spacial score (nSPS) is 14.1. The fourth-order valence-corrected chi connectivity index (χ4v) is 3.37. The van der Waals surface area contributed by atoms with Crippen molar-refractivity contribution in [3.8, 4) is 0 Å². The van der Waals surface area contributed by atoms with Crippen molar-refractivity contribution in [1.82, 2.24) is 0 Å². The lowest BCUT2D eigenvalue weighted by Crippen LogP contribution is -2.21. The number of rotatable bonds is 16. The van der Waals surface area contributed by atoms with Crippen LogP contribution in [0.15, 0.2) is 0 Å². The quantitative estimate of drug-likeness (QED) is 0.306. The Labute approximate surface area is 149 Å². The molecule has 0 fully saturated rings. The number of aliphatic hydroxyl groups excluding tert-OH is 1. The number of unbranched alkanes of at least 4 members (excludes halogenated alkanes) is 3. The molecule has 0 radical (unpaired) electrons. The minimum absolute atomic E-state index is 0.298. The Morgan fingerprint density at radius 3 is 1.83 bits per heavy atom. The lowest BCUT2D eigenvalue weighted by atomic mass is 9.82. The second-order valence-corrected chi connectivity index (χ2v) is 8.74. The molecule has 0 saturated heterocycles. The van der Waals surface area contributed by atoms with Crippen LogP contribution in [-0.4, -0.2) is 35.4 Å². The molecule has 0 aromatic carbocycles. The summed E-state index contributed by atoms with van der Waals surface area (Å²) >= 11 is 0. The molecule has 0 amide bonds. The van der Waals surface area contributed by atoms with E-state index in [9.17, 15) is 4.57 Å². The van der Waals surface area contributed by atoms with Crippen LogP contribution >= 0.6 is 8.25 Å². The average molecular weight is 366 g/mol. The fraction of sp³-hybridized carbons (Fsp3) is 1.00. The van der Waals surface area contributed by atoms with Gasteiger partial charge in [0.15, 0.2) is 0 Å². The molecule has 0 saturated carbocycles. The Balaban J connectivity index is 3.49. The zero-order valence-electron chi connectivity index (χ0n) is 16.1. The summed E-state index contributed by atoms with van der Waals surface area (Å²) in [6.07, 6.45) is 9.29. The summed E-state index contributed by atoms with van der Waals surface area (Å²) in [5.74, 6) is 0. The molecule has 24 heavy (non-hydrogen) atoms. The Hall–Kier alpha value is 0.0700. The van der Waals surface area contributed by atoms with E-state index >= 15 is 0 Å². The van der Waals surface area contributed by atoms with E-state index in [1.807, 2.05) is 13.8 Å². The first-order chi connectivity index (χ1) is 11.2. The summed E-state index contributed by atoms with van der Waals surface area (Å²) in [5, 5.41) is 8.83. The van der Waals surface area contributed by atoms with Gasteiger partial charge in [0.2, 0.25) is 0 Å². The van der Waals surface area contributed by atoms with Gasteiger partial charge in [0.25, 0.3) is 0 Å². The Morgan fingerprint density at radius 2 is 1.33 bits per heavy atom. The molecular formula is C18H39O5P. The summed E-state index contributed by atoms with van der Waals surface area (Å²) in [5.41, 5.74) is -0.179. The van der Waals surface area contributed by atoms with Crippen LogP contribution in [0.2, 0.25) is 0 Å². The second kappa shape index (κ2) is 13.3. The number of ether oxygens (including phenoxy) is 1. The molecule has 5 nitrogen and oxygen atoms in total. The highest BCUT2D eigenvalue weighted by Crippen LogP contribution is 2.30. The van der Waals surface area contributed by atoms with Gasteiger partial charge in [-0.2, -0.15) is 0 Å². The van der Waals surface area contributed by atoms with Gasteiger partial charge in [0.1, 0.15) is 0 Å². The Bertz CT molecular complexity index is 331. The molecule has 0 aliphatic carbocycles. The van der Waals surface area contributed by atoms with Gasteiger partial charge in [-0.15, -0.1) is 0 Å². The van der Waals surface area contributed by atoms with E-state index in [-0.39, 0.29) is 0 Å². The summed E-state index contributed by atoms with van der Waals surface area (Å²) in [7, 11) is -2.86. The highest BCUT2D eigenvalue weighted by molar-refractivity contribution is 7.32. The van der Waals surface area contributed by atoms with Crippen LogP contribution < -0.4 is 0 Å². The van der Waals surface area contributed by atoms with Crippen molar-refractivity contribution in [1.29, 1.82) is 0 Å². The molecule has 0 aliphatic rings. The first kappa shape index (κ1) is 24.1. The highest BCUT2D eigenvalue weighted by Gasteiger charge is 2.20. The summed E-state index contributed by atoms with van der Waals surface area (Å²) in [4.78, 5) is 8.82. The third-order valence-electron chi connectivity index (χ3n) is 4.34. The van der Waals surface area contributed by atoms with Gasteiger partial charge < -0.3 is 19.3 Å². The van der Waals surface area contributed by atoms with Crippen LogP contribution in [0.1, 0.15) is 85.5 Å². The lowest BCUT2D eigenvalue weighted by Gasteiger charge is -2.24. The highest BCUT2D eigenvalue weighted by atomic mass is 31.1. The fourth-order valence-electron chi connectivity index (χ4n) is 2.79. The van der Waals surface area contributed by atoms with E-state index in [0.29, 0.717) is 12.0 Å². The lowest BCUT2D eigenvalue weighted by molar-refractivity contribution is 0.0823. The van der Waals surface area contributed by atoms with Crippen molar-refractivity contribution in [3.63, 3.8) is 0 Å². The second-order valence-electron chi connectivity index (χ2n) is 8.00. The molecule has 1 atom stereocenters. The van der Waals surface area contributed by atoms with E-state index in [0.717, 1.165) is 51.7 Å². The van der Waals surface area contributed by atoms with E-state index in [2.05, 4.69) is 13.8 Å². The molecular weight excluding hydrogens is 327 g/mol. The molecule has 0 rings (SSSR count). The van der Waals surface area contributed by atoms with E-state index < -0.39 is 13.9 Å². The van der Waals surface area contributed by atoms with Gasteiger partial charge in [-0.25, -0.2) is 0 Å². The zero-order valence-corrected chi connectivity index (χ0v) is 17.1. The van der Waals surface area contributed by atoms with Crippen LogP contribution in [0.25, 0.3) is 0 Å². The molecule has 0 heterocycles. The SMILES string of the molecule is CC(C)(CCCCO)CCCCOCCCCC(C)(C)O[PH](=O)O. The zero-order chi connectivity index (χ0) is 18.5. The van der Waals surface area contributed by atoms with Crippen molar-refractivity contribution in [2.75, 3.05) is 19.8 Å². The molecule has 0 aromatic heterocycles. The average Bonchev–Trinajstić information content (AvgIpc) is 2.44. The van der Waals surface area contributed by atoms with Crippen molar-refractivity contribution in [2.45, 2.75) is 91.1 Å². The molecule has 1 unspecified atom stereocenters. The van der Waals surface area contributed by atoms with E-state index in [4.69, 9.17) is 19.3 Å². The van der Waals surface area contributed by atoms with Gasteiger partial charge >= 0.3 is 8.25 Å². The minimum Gasteiger partial charge on any atom is -0.396 e. The molecule has 2 N–H and O–H groups in total. The standard InChI is InChI=1S/C18H39O5P/c1-17(2,11-5-8-14-19)12-6-9-15-22-16-10-7-13-18(3,4)23-24(20)21/h19,24H,5-16H2,1-4H3,(H,20,21). The van der Waals surface area contributed by atoms with Gasteiger partial charge in [0.05, 0.1) is 5.60 Å². The van der Waals surface area contributed by atoms with Gasteiger partial charge in [-0.3, -0.25) is 4.57 Å². The first-order valence-electron chi connectivity index (χ1n) is 9.29. The maximum Gasteiger partial charge on any atom is 0.317 e. The molecule has 0 aromatic rings. The monoisotopic (exact) mass is 366 g/mol. The minimum atomic E-state index is -2.86. The molecule has 146 valence electrons. The maximum atomic E-state index is 10.7. The Morgan fingerprint density at radius 1 is 0.833 bits per heavy atom. The molecule has 0 spiro atoms. The third kappa shape index (κ3) is 15.6. The van der Waals surface area contributed by atoms with Crippen molar-refractivity contribution < 1.29 is 23.8 Å². The largest absolute Gasteiger partial charge is 0.396 e. The van der Waals surface area contributed by atoms with E-state index in [1.165, 1.54) is 19.3 Å². The third-order valence-corrected chi connectivity index (χ3v) is 5.06. The molecule has 0 bridgehead atoms. The first-order valence-corrected chi connectivity index (χ1v) is 10.6. The van der Waals surface area contributed by atoms with Crippen LogP contribution in [0.3, 0.4) is 0 Å². The van der Waals surface area contributed by atoms with Crippen molar-refractivity contribution in [3.05, 3.63) is 0 Å². The van der Waals surface area contributed by atoms with Gasteiger partial charge in [0, 0.05) is 19.8 Å². The number of aliphatic hydroxyl groups is 1. The molecule has 0 aliphatic heterocycles. The van der Waals surface area contributed by atoms with Gasteiger partial charge in [-0.05, 0) is 64.2 Å². The summed E-state index contributed by atoms with van der Waals surface area (Å²) in [6.45, 7) is 10.1. The predicted molar refractivity (Wildman–Crippen MR) is 99.6 cm³/mol. The number of hydrogen-bond donors (Lipinski definition) is 2.